The van der Waals surface area contributed by atoms with Gasteiger partial charge in [0.1, 0.15) is 5.82 Å². The molecule has 1 saturated heterocycles. The van der Waals surface area contributed by atoms with Crippen molar-refractivity contribution in [1.29, 1.82) is 0 Å². The molecule has 1 aliphatic rings. The Hall–Kier alpha value is -3.48. The number of hydrogen-bond acceptors (Lipinski definition) is 3. The summed E-state index contributed by atoms with van der Waals surface area (Å²) in [4.78, 5) is 26.8. The van der Waals surface area contributed by atoms with Crippen LogP contribution in [0.15, 0.2) is 67.0 Å². The number of hydrogen-bond donors (Lipinski definition) is 1. The molecule has 1 unspecified atom stereocenters. The minimum absolute atomic E-state index is 0.0603. The molecule has 1 atom stereocenters. The fourth-order valence-corrected chi connectivity index (χ4v) is 3.42. The molecule has 2 amide bonds. The quantitative estimate of drug-likeness (QED) is 0.742. The van der Waals surface area contributed by atoms with Crippen molar-refractivity contribution in [2.24, 2.45) is 0 Å². The smallest absolute Gasteiger partial charge is 0.253 e. The van der Waals surface area contributed by atoms with Gasteiger partial charge in [-0.2, -0.15) is 5.10 Å². The van der Waals surface area contributed by atoms with Gasteiger partial charge in [0.05, 0.1) is 17.3 Å². The van der Waals surface area contributed by atoms with Crippen molar-refractivity contribution in [1.82, 2.24) is 20.0 Å². The van der Waals surface area contributed by atoms with Gasteiger partial charge < -0.3 is 10.2 Å². The van der Waals surface area contributed by atoms with Gasteiger partial charge in [-0.05, 0) is 35.9 Å². The molecule has 3 aromatic rings. The first-order valence-corrected chi connectivity index (χ1v) is 9.02. The molecule has 7 heteroatoms. The Labute approximate surface area is 161 Å². The second kappa shape index (κ2) is 7.64. The number of amides is 2. The van der Waals surface area contributed by atoms with Gasteiger partial charge in [0.25, 0.3) is 5.91 Å². The van der Waals surface area contributed by atoms with E-state index in [0.717, 1.165) is 5.56 Å². The highest BCUT2D eigenvalue weighted by Gasteiger charge is 2.31. The molecule has 0 radical (unpaired) electrons. The monoisotopic (exact) mass is 378 g/mol. The zero-order chi connectivity index (χ0) is 19.5. The van der Waals surface area contributed by atoms with Crippen LogP contribution in [0.4, 0.5) is 4.39 Å². The van der Waals surface area contributed by atoms with Crippen LogP contribution >= 0.6 is 0 Å². The third kappa shape index (κ3) is 3.78. The minimum Gasteiger partial charge on any atom is -0.347 e. The van der Waals surface area contributed by atoms with Crippen LogP contribution in [0.2, 0.25) is 0 Å². The summed E-state index contributed by atoms with van der Waals surface area (Å²) < 4.78 is 15.0. The first kappa shape index (κ1) is 17.9. The van der Waals surface area contributed by atoms with Crippen molar-refractivity contribution in [3.63, 3.8) is 0 Å². The van der Waals surface area contributed by atoms with Crippen LogP contribution in [0.25, 0.3) is 5.69 Å². The highest BCUT2D eigenvalue weighted by atomic mass is 19.1. The van der Waals surface area contributed by atoms with Gasteiger partial charge >= 0.3 is 0 Å². The number of aromatic nitrogens is 2. The number of nitrogens with one attached hydrogen (secondary N) is 1. The van der Waals surface area contributed by atoms with E-state index in [0.29, 0.717) is 24.3 Å². The van der Waals surface area contributed by atoms with E-state index in [1.165, 1.54) is 12.1 Å². The molecule has 2 aromatic carbocycles. The lowest BCUT2D eigenvalue weighted by molar-refractivity contribution is -0.128. The van der Waals surface area contributed by atoms with Crippen molar-refractivity contribution in [3.05, 3.63) is 83.9 Å². The van der Waals surface area contributed by atoms with Crippen LogP contribution in [0.1, 0.15) is 22.3 Å². The Bertz CT molecular complexity index is 1000. The molecular weight excluding hydrogens is 359 g/mol. The number of carbonyl (C=O) groups is 2. The summed E-state index contributed by atoms with van der Waals surface area (Å²) in [7, 11) is 0. The first-order valence-electron chi connectivity index (χ1n) is 9.02. The molecule has 0 aliphatic carbocycles. The zero-order valence-corrected chi connectivity index (χ0v) is 15.1. The highest BCUT2D eigenvalue weighted by Crippen LogP contribution is 2.18. The summed E-state index contributed by atoms with van der Waals surface area (Å²) in [6.45, 7) is 0.720. The highest BCUT2D eigenvalue weighted by molar-refractivity contribution is 5.98. The maximum Gasteiger partial charge on any atom is 0.253 e. The lowest BCUT2D eigenvalue weighted by atomic mass is 10.1. The molecule has 2 heterocycles. The predicted octanol–water partition coefficient (Wildman–Crippen LogP) is 2.54. The summed E-state index contributed by atoms with van der Waals surface area (Å²) in [6, 6.07) is 14.9. The Balaban J connectivity index is 1.44. The van der Waals surface area contributed by atoms with Crippen molar-refractivity contribution in [2.75, 3.05) is 6.54 Å². The number of carbonyl (C=O) groups excluding carboxylic acids is 2. The number of likely N-dealkylation sites (tertiary alicyclic amines) is 1. The summed E-state index contributed by atoms with van der Waals surface area (Å²) in [5, 5.41) is 7.12. The third-order valence-electron chi connectivity index (χ3n) is 4.71. The summed E-state index contributed by atoms with van der Waals surface area (Å²) in [6.07, 6.45) is 3.64. The molecule has 1 fully saturated rings. The van der Waals surface area contributed by atoms with Crippen LogP contribution in [-0.4, -0.2) is 39.1 Å². The largest absolute Gasteiger partial charge is 0.347 e. The predicted molar refractivity (Wildman–Crippen MR) is 101 cm³/mol. The standard InChI is InChI=1S/C21H19FN4O2/c22-16-6-3-5-15(11-16)13-25-14-17(12-20(25)27)24-21(28)18-7-1-2-8-19(18)26-10-4-9-23-26/h1-11,17H,12-14H2,(H,24,28). The van der Waals surface area contributed by atoms with Crippen molar-refractivity contribution >= 4 is 11.8 Å². The molecule has 0 spiro atoms. The molecular formula is C21H19FN4O2. The number of nitrogens with zero attached hydrogens (tertiary/aromatic N) is 3. The maximum atomic E-state index is 13.4. The number of halogens is 1. The van der Waals surface area contributed by atoms with Gasteiger partial charge in [-0.25, -0.2) is 9.07 Å². The van der Waals surface area contributed by atoms with E-state index in [1.807, 2.05) is 12.1 Å². The number of benzene rings is 2. The van der Waals surface area contributed by atoms with Gasteiger partial charge in [-0.15, -0.1) is 0 Å². The lowest BCUT2D eigenvalue weighted by Crippen LogP contribution is -2.37. The second-order valence-electron chi connectivity index (χ2n) is 6.75. The van der Waals surface area contributed by atoms with E-state index < -0.39 is 0 Å². The van der Waals surface area contributed by atoms with Gasteiger partial charge in [-0.3, -0.25) is 9.59 Å². The van der Waals surface area contributed by atoms with Crippen molar-refractivity contribution in [2.45, 2.75) is 19.0 Å². The SMILES string of the molecule is O=C(NC1CC(=O)N(Cc2cccc(F)c2)C1)c1ccccc1-n1cccn1. The normalized spacial score (nSPS) is 16.4. The van der Waals surface area contributed by atoms with E-state index in [4.69, 9.17) is 0 Å². The van der Waals surface area contributed by atoms with Crippen LogP contribution in [0, 0.1) is 5.82 Å². The van der Waals surface area contributed by atoms with Gasteiger partial charge in [0.15, 0.2) is 0 Å². The van der Waals surface area contributed by atoms with E-state index >= 15 is 0 Å². The third-order valence-corrected chi connectivity index (χ3v) is 4.71. The van der Waals surface area contributed by atoms with Gasteiger partial charge in [-0.1, -0.05) is 24.3 Å². The zero-order valence-electron chi connectivity index (χ0n) is 15.1. The fourth-order valence-electron chi connectivity index (χ4n) is 3.42. The molecule has 1 N–H and O–H groups in total. The lowest BCUT2D eigenvalue weighted by Gasteiger charge is -2.18. The average molecular weight is 378 g/mol. The number of para-hydroxylation sites is 1. The number of rotatable bonds is 5. The molecule has 1 aromatic heterocycles. The second-order valence-corrected chi connectivity index (χ2v) is 6.75. The minimum atomic E-state index is -0.329. The van der Waals surface area contributed by atoms with Crippen molar-refractivity contribution < 1.29 is 14.0 Å². The van der Waals surface area contributed by atoms with Crippen LogP contribution in [0.3, 0.4) is 0 Å². The molecule has 6 nitrogen and oxygen atoms in total. The van der Waals surface area contributed by atoms with Gasteiger partial charge in [0, 0.05) is 31.9 Å². The summed E-state index contributed by atoms with van der Waals surface area (Å²) in [5.74, 6) is -0.643. The summed E-state index contributed by atoms with van der Waals surface area (Å²) in [5.41, 5.74) is 1.89. The Morgan fingerprint density at radius 1 is 1.18 bits per heavy atom. The Morgan fingerprint density at radius 3 is 2.82 bits per heavy atom. The van der Waals surface area contributed by atoms with Crippen LogP contribution < -0.4 is 5.32 Å². The molecule has 142 valence electrons. The van der Waals surface area contributed by atoms with E-state index in [1.54, 1.807) is 52.3 Å². The molecule has 4 rings (SSSR count). The Morgan fingerprint density at radius 2 is 2.04 bits per heavy atom. The van der Waals surface area contributed by atoms with E-state index in [-0.39, 0.29) is 30.1 Å². The van der Waals surface area contributed by atoms with Crippen LogP contribution in [0.5, 0.6) is 0 Å². The van der Waals surface area contributed by atoms with Crippen LogP contribution in [-0.2, 0) is 11.3 Å². The Kier molecular flexibility index (Phi) is 4.89. The molecule has 0 saturated carbocycles. The first-order chi connectivity index (χ1) is 13.6. The fraction of sp³-hybridized carbons (Fsp3) is 0.190. The topological polar surface area (TPSA) is 67.2 Å². The molecule has 1 aliphatic heterocycles. The van der Waals surface area contributed by atoms with Crippen molar-refractivity contribution in [3.8, 4) is 5.69 Å². The maximum absolute atomic E-state index is 13.4. The van der Waals surface area contributed by atoms with E-state index in [2.05, 4.69) is 10.4 Å². The average Bonchev–Trinajstić information content (AvgIpc) is 3.32. The van der Waals surface area contributed by atoms with Gasteiger partial charge in [0.2, 0.25) is 5.91 Å². The van der Waals surface area contributed by atoms with E-state index in [9.17, 15) is 14.0 Å². The summed E-state index contributed by atoms with van der Waals surface area (Å²) >= 11 is 0. The molecule has 0 bridgehead atoms. The molecule has 28 heavy (non-hydrogen) atoms.